The highest BCUT2D eigenvalue weighted by Crippen LogP contribution is 2.28. The summed E-state index contributed by atoms with van der Waals surface area (Å²) in [4.78, 5) is 17.7. The minimum absolute atomic E-state index is 0.123. The summed E-state index contributed by atoms with van der Waals surface area (Å²) in [6.45, 7) is 1.44. The van der Waals surface area contributed by atoms with Crippen molar-refractivity contribution in [1.29, 1.82) is 0 Å². The van der Waals surface area contributed by atoms with Crippen molar-refractivity contribution in [2.24, 2.45) is 0 Å². The zero-order valence-electron chi connectivity index (χ0n) is 12.1. The van der Waals surface area contributed by atoms with Crippen LogP contribution < -0.4 is 4.74 Å². The molecule has 1 atom stereocenters. The minimum Gasteiger partial charge on any atom is -0.489 e. The predicted molar refractivity (Wildman–Crippen MR) is 84.2 cm³/mol. The second-order valence-electron chi connectivity index (χ2n) is 5.34. The van der Waals surface area contributed by atoms with Gasteiger partial charge in [0.05, 0.1) is 6.20 Å². The van der Waals surface area contributed by atoms with Crippen molar-refractivity contribution in [3.8, 4) is 5.75 Å². The lowest BCUT2D eigenvalue weighted by Gasteiger charge is -2.35. The van der Waals surface area contributed by atoms with Gasteiger partial charge in [0, 0.05) is 19.3 Å². The molecule has 0 spiro atoms. The Labute approximate surface area is 133 Å². The number of rotatable bonds is 5. The van der Waals surface area contributed by atoms with Gasteiger partial charge in [0.1, 0.15) is 17.9 Å². The number of thiophene rings is 1. The average molecular weight is 318 g/mol. The van der Waals surface area contributed by atoms with Gasteiger partial charge in [-0.1, -0.05) is 0 Å². The zero-order valence-corrected chi connectivity index (χ0v) is 12.9. The number of nitrogens with zero attached hydrogens (tertiary/aromatic N) is 2. The van der Waals surface area contributed by atoms with Crippen LogP contribution in [0.1, 0.15) is 24.4 Å². The van der Waals surface area contributed by atoms with E-state index >= 15 is 0 Å². The van der Waals surface area contributed by atoms with Crippen LogP contribution in [0.3, 0.4) is 0 Å². The molecule has 5 nitrogen and oxygen atoms in total. The minimum atomic E-state index is -0.787. The van der Waals surface area contributed by atoms with Crippen molar-refractivity contribution in [2.75, 3.05) is 13.1 Å². The lowest BCUT2D eigenvalue weighted by molar-refractivity contribution is -0.144. The highest BCUT2D eigenvalue weighted by atomic mass is 32.1. The van der Waals surface area contributed by atoms with Crippen LogP contribution in [0.4, 0.5) is 0 Å². The Morgan fingerprint density at radius 3 is 2.82 bits per heavy atom. The number of carboxylic acids is 1. The standard InChI is InChI=1S/C16H18N2O3S/c19-16(20)15(12-5-9-22-11-12)18-7-3-13(4-8-18)21-14-2-1-6-17-10-14/h1-2,5-6,9-11,13,15H,3-4,7-8H2,(H,19,20)/t15-/m0/s1. The van der Waals surface area contributed by atoms with Crippen molar-refractivity contribution >= 4 is 17.3 Å². The zero-order chi connectivity index (χ0) is 15.4. The molecule has 1 aliphatic heterocycles. The van der Waals surface area contributed by atoms with Crippen molar-refractivity contribution in [3.63, 3.8) is 0 Å². The van der Waals surface area contributed by atoms with Gasteiger partial charge < -0.3 is 9.84 Å². The molecule has 2 aromatic heterocycles. The van der Waals surface area contributed by atoms with Gasteiger partial charge in [-0.2, -0.15) is 11.3 Å². The summed E-state index contributed by atoms with van der Waals surface area (Å²) in [5.41, 5.74) is 0.865. The molecule has 1 N–H and O–H groups in total. The summed E-state index contributed by atoms with van der Waals surface area (Å²) in [7, 11) is 0. The van der Waals surface area contributed by atoms with E-state index in [0.717, 1.165) is 37.2 Å². The monoisotopic (exact) mass is 318 g/mol. The third-order valence-electron chi connectivity index (χ3n) is 3.87. The second-order valence-corrected chi connectivity index (χ2v) is 6.12. The molecule has 0 aliphatic carbocycles. The number of hydrogen-bond acceptors (Lipinski definition) is 5. The summed E-state index contributed by atoms with van der Waals surface area (Å²) in [6.07, 6.45) is 5.19. The molecule has 2 aromatic rings. The molecule has 0 bridgehead atoms. The first-order chi connectivity index (χ1) is 10.7. The van der Waals surface area contributed by atoms with E-state index in [4.69, 9.17) is 4.74 Å². The molecule has 116 valence electrons. The molecular formula is C16H18N2O3S. The van der Waals surface area contributed by atoms with Gasteiger partial charge in [0.2, 0.25) is 0 Å². The number of pyridine rings is 1. The van der Waals surface area contributed by atoms with Crippen molar-refractivity contribution < 1.29 is 14.6 Å². The predicted octanol–water partition coefficient (Wildman–Crippen LogP) is 2.81. The Kier molecular flexibility index (Phi) is 4.70. The number of aromatic nitrogens is 1. The van der Waals surface area contributed by atoms with E-state index in [9.17, 15) is 9.90 Å². The molecule has 1 fully saturated rings. The number of likely N-dealkylation sites (tertiary alicyclic amines) is 1. The summed E-state index contributed by atoms with van der Waals surface area (Å²) in [5.74, 6) is -0.0152. The maximum absolute atomic E-state index is 11.6. The fraction of sp³-hybridized carbons (Fsp3) is 0.375. The van der Waals surface area contributed by atoms with Gasteiger partial charge in [-0.15, -0.1) is 0 Å². The van der Waals surface area contributed by atoms with Crippen LogP contribution >= 0.6 is 11.3 Å². The van der Waals surface area contributed by atoms with Crippen molar-refractivity contribution in [1.82, 2.24) is 9.88 Å². The van der Waals surface area contributed by atoms with Crippen LogP contribution in [-0.4, -0.2) is 40.2 Å². The van der Waals surface area contributed by atoms with E-state index in [0.29, 0.717) is 0 Å². The molecule has 0 unspecified atom stereocenters. The Morgan fingerprint density at radius 2 is 2.23 bits per heavy atom. The molecule has 3 rings (SSSR count). The van der Waals surface area contributed by atoms with Gasteiger partial charge in [0.25, 0.3) is 0 Å². The lowest BCUT2D eigenvalue weighted by Crippen LogP contribution is -2.42. The molecule has 6 heteroatoms. The molecule has 0 amide bonds. The smallest absolute Gasteiger partial charge is 0.325 e. The molecule has 3 heterocycles. The van der Waals surface area contributed by atoms with Crippen LogP contribution in [0.25, 0.3) is 0 Å². The Morgan fingerprint density at radius 1 is 1.41 bits per heavy atom. The summed E-state index contributed by atoms with van der Waals surface area (Å²) < 4.78 is 5.90. The molecule has 0 radical (unpaired) electrons. The van der Waals surface area contributed by atoms with Crippen LogP contribution in [0.5, 0.6) is 5.75 Å². The first-order valence-electron chi connectivity index (χ1n) is 7.29. The Hall–Kier alpha value is -1.92. The largest absolute Gasteiger partial charge is 0.489 e. The van der Waals surface area contributed by atoms with Crippen molar-refractivity contribution in [2.45, 2.75) is 25.0 Å². The Bertz CT molecular complexity index is 595. The molecule has 1 saturated heterocycles. The van der Waals surface area contributed by atoms with E-state index in [1.165, 1.54) is 11.3 Å². The van der Waals surface area contributed by atoms with E-state index in [2.05, 4.69) is 4.98 Å². The average Bonchev–Trinajstić information content (AvgIpc) is 3.04. The molecule has 22 heavy (non-hydrogen) atoms. The fourth-order valence-electron chi connectivity index (χ4n) is 2.80. The molecular weight excluding hydrogens is 300 g/mol. The number of ether oxygens (including phenoxy) is 1. The lowest BCUT2D eigenvalue weighted by atomic mass is 10.0. The van der Waals surface area contributed by atoms with Gasteiger partial charge in [0.15, 0.2) is 0 Å². The van der Waals surface area contributed by atoms with E-state index in [-0.39, 0.29) is 6.10 Å². The van der Waals surface area contributed by atoms with Gasteiger partial charge in [-0.3, -0.25) is 14.7 Å². The number of hydrogen-bond donors (Lipinski definition) is 1. The number of carbonyl (C=O) groups is 1. The summed E-state index contributed by atoms with van der Waals surface area (Å²) in [5, 5.41) is 13.4. The van der Waals surface area contributed by atoms with Crippen LogP contribution in [0.15, 0.2) is 41.4 Å². The summed E-state index contributed by atoms with van der Waals surface area (Å²) in [6, 6.07) is 5.08. The highest BCUT2D eigenvalue weighted by molar-refractivity contribution is 7.08. The first-order valence-corrected chi connectivity index (χ1v) is 8.24. The van der Waals surface area contributed by atoms with Gasteiger partial charge in [-0.25, -0.2) is 0 Å². The van der Waals surface area contributed by atoms with E-state index < -0.39 is 12.0 Å². The molecule has 1 aliphatic rings. The quantitative estimate of drug-likeness (QED) is 0.918. The highest BCUT2D eigenvalue weighted by Gasteiger charge is 2.31. The number of aliphatic carboxylic acids is 1. The normalized spacial score (nSPS) is 18.0. The summed E-state index contributed by atoms with van der Waals surface area (Å²) >= 11 is 1.53. The van der Waals surface area contributed by atoms with Crippen LogP contribution in [-0.2, 0) is 4.79 Å². The fourth-order valence-corrected chi connectivity index (χ4v) is 3.48. The maximum atomic E-state index is 11.6. The number of piperidine rings is 1. The van der Waals surface area contributed by atoms with E-state index in [1.807, 2.05) is 33.9 Å². The number of carboxylic acid groups (broad SMARTS) is 1. The maximum Gasteiger partial charge on any atom is 0.325 e. The Balaban J connectivity index is 1.60. The topological polar surface area (TPSA) is 62.7 Å². The van der Waals surface area contributed by atoms with Gasteiger partial charge >= 0.3 is 5.97 Å². The van der Waals surface area contributed by atoms with E-state index in [1.54, 1.807) is 12.4 Å². The van der Waals surface area contributed by atoms with Crippen LogP contribution in [0, 0.1) is 0 Å². The SMILES string of the molecule is O=C(O)[C@H](c1ccsc1)N1CCC(Oc2cccnc2)CC1. The third-order valence-corrected chi connectivity index (χ3v) is 4.57. The molecule has 0 aromatic carbocycles. The first kappa shape index (κ1) is 15.0. The second kappa shape index (κ2) is 6.89. The molecule has 0 saturated carbocycles. The van der Waals surface area contributed by atoms with Crippen molar-refractivity contribution in [3.05, 3.63) is 46.9 Å². The van der Waals surface area contributed by atoms with Crippen LogP contribution in [0.2, 0.25) is 0 Å². The van der Waals surface area contributed by atoms with Gasteiger partial charge in [-0.05, 0) is 47.4 Å². The third kappa shape index (κ3) is 3.45.